The topological polar surface area (TPSA) is 29.9 Å². The first-order valence-electron chi connectivity index (χ1n) is 5.67. The third-order valence-electron chi connectivity index (χ3n) is 3.16. The van der Waals surface area contributed by atoms with Crippen LogP contribution in [-0.2, 0) is 13.0 Å². The van der Waals surface area contributed by atoms with E-state index in [-0.39, 0.29) is 0 Å². The second-order valence-corrected chi connectivity index (χ2v) is 4.17. The molecule has 0 saturated heterocycles. The van der Waals surface area contributed by atoms with Crippen LogP contribution in [0.15, 0.2) is 30.5 Å². The van der Waals surface area contributed by atoms with Crippen molar-refractivity contribution in [2.75, 3.05) is 13.6 Å². The van der Waals surface area contributed by atoms with Crippen molar-refractivity contribution in [3.8, 4) is 11.4 Å². The second-order valence-electron chi connectivity index (χ2n) is 4.17. The summed E-state index contributed by atoms with van der Waals surface area (Å²) in [7, 11) is 1.98. The van der Waals surface area contributed by atoms with Gasteiger partial charge in [0.25, 0.3) is 0 Å². The van der Waals surface area contributed by atoms with Crippen LogP contribution in [0.1, 0.15) is 11.3 Å². The van der Waals surface area contributed by atoms with E-state index in [4.69, 9.17) is 0 Å². The number of imidazole rings is 1. The molecule has 0 radical (unpaired) electrons. The van der Waals surface area contributed by atoms with Crippen LogP contribution in [-0.4, -0.2) is 23.1 Å². The third kappa shape index (κ3) is 1.36. The highest BCUT2D eigenvalue weighted by molar-refractivity contribution is 5.65. The summed E-state index contributed by atoms with van der Waals surface area (Å²) < 4.78 is 2.32. The number of nitrogens with one attached hydrogen (secondary N) is 1. The molecule has 0 fully saturated rings. The molecule has 0 saturated carbocycles. The summed E-state index contributed by atoms with van der Waals surface area (Å²) in [6.45, 7) is 1.98. The van der Waals surface area contributed by atoms with E-state index in [1.807, 2.05) is 13.2 Å². The van der Waals surface area contributed by atoms with Crippen molar-refractivity contribution in [2.45, 2.75) is 13.0 Å². The SMILES string of the molecule is CNCCc1cnc2n1Cc1ccccc1-2. The molecule has 2 aromatic rings. The van der Waals surface area contributed by atoms with Gasteiger partial charge < -0.3 is 9.88 Å². The molecule has 0 unspecified atom stereocenters. The molecule has 1 aromatic heterocycles. The largest absolute Gasteiger partial charge is 0.324 e. The van der Waals surface area contributed by atoms with E-state index in [2.05, 4.69) is 39.1 Å². The van der Waals surface area contributed by atoms with Crippen LogP contribution in [0.4, 0.5) is 0 Å². The minimum Gasteiger partial charge on any atom is -0.324 e. The summed E-state index contributed by atoms with van der Waals surface area (Å²) in [6.07, 6.45) is 3.04. The van der Waals surface area contributed by atoms with Crippen LogP contribution in [0.2, 0.25) is 0 Å². The van der Waals surface area contributed by atoms with Gasteiger partial charge in [0.05, 0.1) is 6.54 Å². The molecule has 1 aliphatic rings. The summed E-state index contributed by atoms with van der Waals surface area (Å²) in [4.78, 5) is 4.53. The molecular weight excluding hydrogens is 198 g/mol. The van der Waals surface area contributed by atoms with Gasteiger partial charge in [-0.1, -0.05) is 24.3 Å². The van der Waals surface area contributed by atoms with Crippen molar-refractivity contribution >= 4 is 0 Å². The van der Waals surface area contributed by atoms with Crippen molar-refractivity contribution in [3.05, 3.63) is 41.7 Å². The molecule has 0 aliphatic carbocycles. The highest BCUT2D eigenvalue weighted by atomic mass is 15.1. The summed E-state index contributed by atoms with van der Waals surface area (Å²) in [5, 5.41) is 3.18. The van der Waals surface area contributed by atoms with Gasteiger partial charge in [0.15, 0.2) is 0 Å². The number of benzene rings is 1. The Labute approximate surface area is 95.1 Å². The molecule has 1 N–H and O–H groups in total. The molecule has 3 nitrogen and oxygen atoms in total. The van der Waals surface area contributed by atoms with Crippen molar-refractivity contribution in [1.29, 1.82) is 0 Å². The van der Waals surface area contributed by atoms with E-state index >= 15 is 0 Å². The van der Waals surface area contributed by atoms with E-state index in [0.717, 1.165) is 25.3 Å². The van der Waals surface area contributed by atoms with Crippen molar-refractivity contribution < 1.29 is 0 Å². The lowest BCUT2D eigenvalue weighted by molar-refractivity contribution is 0.720. The van der Waals surface area contributed by atoms with Crippen molar-refractivity contribution in [3.63, 3.8) is 0 Å². The maximum Gasteiger partial charge on any atom is 0.140 e. The Morgan fingerprint density at radius 2 is 2.25 bits per heavy atom. The molecule has 3 rings (SSSR count). The van der Waals surface area contributed by atoms with Crippen LogP contribution >= 0.6 is 0 Å². The van der Waals surface area contributed by atoms with E-state index in [1.165, 1.54) is 16.8 Å². The van der Waals surface area contributed by atoms with E-state index in [1.54, 1.807) is 0 Å². The molecule has 1 aliphatic heterocycles. The first-order valence-corrected chi connectivity index (χ1v) is 5.67. The minimum atomic E-state index is 0.977. The van der Waals surface area contributed by atoms with Crippen LogP contribution in [0.3, 0.4) is 0 Å². The highest BCUT2D eigenvalue weighted by Gasteiger charge is 2.20. The highest BCUT2D eigenvalue weighted by Crippen LogP contribution is 2.31. The molecule has 1 aromatic carbocycles. The lowest BCUT2D eigenvalue weighted by Crippen LogP contribution is -2.12. The Bertz CT molecular complexity index is 514. The fourth-order valence-corrected chi connectivity index (χ4v) is 2.30. The van der Waals surface area contributed by atoms with Crippen LogP contribution in [0, 0.1) is 0 Å². The van der Waals surface area contributed by atoms with Gasteiger partial charge in [-0.15, -0.1) is 0 Å². The second kappa shape index (κ2) is 3.76. The molecule has 0 atom stereocenters. The van der Waals surface area contributed by atoms with Gasteiger partial charge in [0, 0.05) is 30.4 Å². The molecule has 2 heterocycles. The Morgan fingerprint density at radius 1 is 1.38 bits per heavy atom. The molecule has 0 amide bonds. The molecular formula is C13H15N3. The van der Waals surface area contributed by atoms with Crippen molar-refractivity contribution in [2.24, 2.45) is 0 Å². The average Bonchev–Trinajstić information content (AvgIpc) is 2.85. The standard InChI is InChI=1S/C13H15N3/c1-14-7-6-11-8-15-13-12-5-3-2-4-10(12)9-16(11)13/h2-5,8,14H,6-7,9H2,1H3. The summed E-state index contributed by atoms with van der Waals surface area (Å²) in [5.74, 6) is 1.13. The quantitative estimate of drug-likeness (QED) is 0.717. The van der Waals surface area contributed by atoms with Gasteiger partial charge in [-0.05, 0) is 12.6 Å². The lowest BCUT2D eigenvalue weighted by Gasteiger charge is -2.03. The molecule has 0 spiro atoms. The van der Waals surface area contributed by atoms with Crippen LogP contribution in [0.5, 0.6) is 0 Å². The third-order valence-corrected chi connectivity index (χ3v) is 3.16. The lowest BCUT2D eigenvalue weighted by atomic mass is 10.1. The minimum absolute atomic E-state index is 0.977. The number of fused-ring (bicyclic) bond motifs is 3. The van der Waals surface area contributed by atoms with Gasteiger partial charge in [0.1, 0.15) is 5.82 Å². The predicted molar refractivity (Wildman–Crippen MR) is 64.4 cm³/mol. The zero-order valence-corrected chi connectivity index (χ0v) is 9.40. The number of rotatable bonds is 3. The number of likely N-dealkylation sites (N-methyl/N-ethyl adjacent to an activating group) is 1. The Morgan fingerprint density at radius 3 is 3.12 bits per heavy atom. The molecule has 3 heteroatoms. The van der Waals surface area contributed by atoms with Crippen molar-refractivity contribution in [1.82, 2.24) is 14.9 Å². The summed E-state index contributed by atoms with van der Waals surface area (Å²) in [6, 6.07) is 8.52. The van der Waals surface area contributed by atoms with Gasteiger partial charge in [-0.3, -0.25) is 0 Å². The van der Waals surface area contributed by atoms with Gasteiger partial charge >= 0.3 is 0 Å². The number of nitrogens with zero attached hydrogens (tertiary/aromatic N) is 2. The smallest absolute Gasteiger partial charge is 0.140 e. The number of hydrogen-bond acceptors (Lipinski definition) is 2. The Kier molecular flexibility index (Phi) is 2.26. The Hall–Kier alpha value is -1.61. The maximum atomic E-state index is 4.53. The number of aromatic nitrogens is 2. The summed E-state index contributed by atoms with van der Waals surface area (Å²) in [5.41, 5.74) is 4.00. The number of hydrogen-bond donors (Lipinski definition) is 1. The zero-order valence-electron chi connectivity index (χ0n) is 9.40. The van der Waals surface area contributed by atoms with Gasteiger partial charge in [-0.25, -0.2) is 4.98 Å². The van der Waals surface area contributed by atoms with E-state index in [0.29, 0.717) is 0 Å². The van der Waals surface area contributed by atoms with Gasteiger partial charge in [-0.2, -0.15) is 0 Å². The molecule has 0 bridgehead atoms. The molecule has 16 heavy (non-hydrogen) atoms. The predicted octanol–water partition coefficient (Wildman–Crippen LogP) is 1.67. The fourth-order valence-electron chi connectivity index (χ4n) is 2.30. The normalized spacial score (nSPS) is 12.6. The van der Waals surface area contributed by atoms with Crippen LogP contribution in [0.25, 0.3) is 11.4 Å². The Balaban J connectivity index is 1.98. The maximum absolute atomic E-state index is 4.53. The first-order chi connectivity index (χ1) is 7.90. The van der Waals surface area contributed by atoms with E-state index in [9.17, 15) is 0 Å². The average molecular weight is 213 g/mol. The fraction of sp³-hybridized carbons (Fsp3) is 0.308. The van der Waals surface area contributed by atoms with Crippen LogP contribution < -0.4 is 5.32 Å². The molecule has 82 valence electrons. The summed E-state index contributed by atoms with van der Waals surface area (Å²) >= 11 is 0. The van der Waals surface area contributed by atoms with E-state index < -0.39 is 0 Å². The first kappa shape index (κ1) is 9.60. The van der Waals surface area contributed by atoms with Gasteiger partial charge in [0.2, 0.25) is 0 Å². The zero-order chi connectivity index (χ0) is 11.0. The monoisotopic (exact) mass is 213 g/mol.